The molecule has 2 aromatic carbocycles. The van der Waals surface area contributed by atoms with Gasteiger partial charge in [-0.25, -0.2) is 4.39 Å². The third kappa shape index (κ3) is 6.13. The molecule has 1 N–H and O–H groups in total. The summed E-state index contributed by atoms with van der Waals surface area (Å²) in [5, 5.41) is 10.1. The molecule has 3 heteroatoms. The molecule has 3 rings (SSSR count). The lowest BCUT2D eigenvalue weighted by molar-refractivity contribution is 0.284. The van der Waals surface area contributed by atoms with Gasteiger partial charge in [0.2, 0.25) is 0 Å². The van der Waals surface area contributed by atoms with E-state index in [0.717, 1.165) is 59.7 Å². The molecule has 0 saturated heterocycles. The molecule has 0 aliphatic rings. The van der Waals surface area contributed by atoms with Crippen LogP contribution in [-0.4, -0.2) is 16.7 Å². The molecule has 0 fully saturated rings. The van der Waals surface area contributed by atoms with Gasteiger partial charge in [0.25, 0.3) is 0 Å². The highest BCUT2D eigenvalue weighted by atomic mass is 19.1. The van der Waals surface area contributed by atoms with Crippen molar-refractivity contribution in [1.29, 1.82) is 0 Å². The van der Waals surface area contributed by atoms with Crippen molar-refractivity contribution in [2.45, 2.75) is 71.6 Å². The minimum atomic E-state index is -0.105. The van der Waals surface area contributed by atoms with Crippen LogP contribution in [0.15, 0.2) is 48.7 Å². The molecule has 0 radical (unpaired) electrons. The first kappa shape index (κ1) is 23.4. The molecule has 0 amide bonds. The Morgan fingerprint density at radius 1 is 0.935 bits per heavy atom. The first-order valence-corrected chi connectivity index (χ1v) is 11.9. The van der Waals surface area contributed by atoms with Gasteiger partial charge in [0.15, 0.2) is 0 Å². The highest BCUT2D eigenvalue weighted by molar-refractivity contribution is 5.96. The summed E-state index contributed by atoms with van der Waals surface area (Å²) in [4.78, 5) is 4.61. The van der Waals surface area contributed by atoms with E-state index < -0.39 is 0 Å². The van der Waals surface area contributed by atoms with E-state index in [9.17, 15) is 4.39 Å². The summed E-state index contributed by atoms with van der Waals surface area (Å²) in [7, 11) is 0. The quantitative estimate of drug-likeness (QED) is 0.307. The van der Waals surface area contributed by atoms with Crippen LogP contribution in [0.1, 0.15) is 69.9 Å². The number of hydrogen-bond donors (Lipinski definition) is 1. The van der Waals surface area contributed by atoms with Crippen LogP contribution in [0.4, 0.5) is 4.39 Å². The van der Waals surface area contributed by atoms with E-state index in [-0.39, 0.29) is 12.4 Å². The Morgan fingerprint density at radius 3 is 2.52 bits per heavy atom. The van der Waals surface area contributed by atoms with Crippen LogP contribution in [0.2, 0.25) is 0 Å². The predicted octanol–water partition coefficient (Wildman–Crippen LogP) is 7.50. The van der Waals surface area contributed by atoms with Gasteiger partial charge in [0, 0.05) is 18.2 Å². The molecule has 166 valence electrons. The Morgan fingerprint density at radius 2 is 1.77 bits per heavy atom. The van der Waals surface area contributed by atoms with Crippen molar-refractivity contribution in [3.8, 4) is 11.1 Å². The van der Waals surface area contributed by atoms with Gasteiger partial charge >= 0.3 is 0 Å². The average molecular weight is 422 g/mol. The van der Waals surface area contributed by atoms with Crippen molar-refractivity contribution in [1.82, 2.24) is 4.98 Å². The summed E-state index contributed by atoms with van der Waals surface area (Å²) in [5.41, 5.74) is 4.90. The molecule has 31 heavy (non-hydrogen) atoms. The fourth-order valence-electron chi connectivity index (χ4n) is 4.43. The zero-order valence-corrected chi connectivity index (χ0v) is 19.0. The number of aromatic nitrogens is 1. The van der Waals surface area contributed by atoms with E-state index in [1.807, 2.05) is 18.3 Å². The van der Waals surface area contributed by atoms with E-state index in [1.54, 1.807) is 6.07 Å². The van der Waals surface area contributed by atoms with E-state index >= 15 is 0 Å². The molecule has 0 aliphatic carbocycles. The van der Waals surface area contributed by atoms with Gasteiger partial charge in [-0.15, -0.1) is 0 Å². The van der Waals surface area contributed by atoms with Crippen molar-refractivity contribution in [2.24, 2.45) is 5.92 Å². The summed E-state index contributed by atoms with van der Waals surface area (Å²) >= 11 is 0. The summed E-state index contributed by atoms with van der Waals surface area (Å²) in [5.74, 6) is 0.583. The van der Waals surface area contributed by atoms with Gasteiger partial charge < -0.3 is 5.11 Å². The Labute approximate surface area is 186 Å². The van der Waals surface area contributed by atoms with Crippen LogP contribution in [0.5, 0.6) is 0 Å². The standard InChI is InChI=1S/C28H36FNO/c1-3-5-9-21(4-2)12-13-22-14-15-24(20-27(22)29)25-17-16-23(10-6-7-19-31)28-26(25)11-8-18-30-28/h8,11,14-18,20-21,31H,3-7,9-10,12-13,19H2,1-2H3. The molecule has 3 aromatic rings. The van der Waals surface area contributed by atoms with E-state index in [0.29, 0.717) is 5.92 Å². The van der Waals surface area contributed by atoms with Gasteiger partial charge in [0.05, 0.1) is 5.52 Å². The molecule has 1 atom stereocenters. The van der Waals surface area contributed by atoms with Gasteiger partial charge in [-0.05, 0) is 72.4 Å². The fraction of sp³-hybridized carbons (Fsp3) is 0.464. The highest BCUT2D eigenvalue weighted by Gasteiger charge is 2.13. The monoisotopic (exact) mass is 421 g/mol. The van der Waals surface area contributed by atoms with Crippen molar-refractivity contribution in [2.75, 3.05) is 6.61 Å². The smallest absolute Gasteiger partial charge is 0.127 e. The van der Waals surface area contributed by atoms with Crippen molar-refractivity contribution >= 4 is 10.9 Å². The fourth-order valence-corrected chi connectivity index (χ4v) is 4.43. The summed E-state index contributed by atoms with van der Waals surface area (Å²) in [6.07, 6.45) is 11.2. The number of aliphatic hydroxyl groups excluding tert-OH is 1. The van der Waals surface area contributed by atoms with E-state index in [1.165, 1.54) is 31.2 Å². The number of unbranched alkanes of at least 4 members (excludes halogenated alkanes) is 2. The maximum atomic E-state index is 15.0. The molecule has 1 heterocycles. The third-order valence-corrected chi connectivity index (χ3v) is 6.44. The Hall–Kier alpha value is -2.26. The van der Waals surface area contributed by atoms with E-state index in [4.69, 9.17) is 5.11 Å². The van der Waals surface area contributed by atoms with Gasteiger partial charge in [0.1, 0.15) is 5.82 Å². The largest absolute Gasteiger partial charge is 0.396 e. The first-order valence-electron chi connectivity index (χ1n) is 11.9. The van der Waals surface area contributed by atoms with Crippen LogP contribution >= 0.6 is 0 Å². The second-order valence-corrected chi connectivity index (χ2v) is 8.61. The lowest BCUT2D eigenvalue weighted by atomic mass is 9.91. The van der Waals surface area contributed by atoms with Crippen LogP contribution in [-0.2, 0) is 12.8 Å². The van der Waals surface area contributed by atoms with Crippen molar-refractivity contribution in [3.63, 3.8) is 0 Å². The number of rotatable bonds is 12. The first-order chi connectivity index (χ1) is 15.2. The van der Waals surface area contributed by atoms with Crippen LogP contribution < -0.4 is 0 Å². The molecule has 0 bridgehead atoms. The summed E-state index contributed by atoms with van der Waals surface area (Å²) < 4.78 is 15.0. The SMILES string of the molecule is CCCCC(CC)CCc1ccc(-c2ccc(CCCCO)c3ncccc23)cc1F. The average Bonchev–Trinajstić information content (AvgIpc) is 2.80. The maximum absolute atomic E-state index is 15.0. The number of halogens is 1. The zero-order valence-electron chi connectivity index (χ0n) is 19.0. The number of pyridine rings is 1. The zero-order chi connectivity index (χ0) is 22.1. The van der Waals surface area contributed by atoms with Crippen molar-refractivity contribution < 1.29 is 9.50 Å². The third-order valence-electron chi connectivity index (χ3n) is 6.44. The Bertz CT molecular complexity index is 968. The topological polar surface area (TPSA) is 33.1 Å². The van der Waals surface area contributed by atoms with Crippen LogP contribution in [0.3, 0.4) is 0 Å². The molecular formula is C28H36FNO. The number of nitrogens with zero attached hydrogens (tertiary/aromatic N) is 1. The molecule has 0 aliphatic heterocycles. The summed E-state index contributed by atoms with van der Waals surface area (Å²) in [6.45, 7) is 4.69. The molecule has 2 nitrogen and oxygen atoms in total. The maximum Gasteiger partial charge on any atom is 0.127 e. The lowest BCUT2D eigenvalue weighted by Gasteiger charge is -2.15. The summed E-state index contributed by atoms with van der Waals surface area (Å²) in [6, 6.07) is 13.9. The molecular weight excluding hydrogens is 385 g/mol. The Kier molecular flexibility index (Phi) is 9.02. The number of aryl methyl sites for hydroxylation is 2. The number of benzene rings is 2. The van der Waals surface area contributed by atoms with Gasteiger partial charge in [-0.3, -0.25) is 4.98 Å². The normalized spacial score (nSPS) is 12.4. The second kappa shape index (κ2) is 12.0. The van der Waals surface area contributed by atoms with Crippen molar-refractivity contribution in [3.05, 3.63) is 65.6 Å². The Balaban J connectivity index is 1.81. The molecule has 0 spiro atoms. The molecule has 1 unspecified atom stereocenters. The van der Waals surface area contributed by atoms with Crippen LogP contribution in [0, 0.1) is 11.7 Å². The number of fused-ring (bicyclic) bond motifs is 1. The van der Waals surface area contributed by atoms with Gasteiger partial charge in [-0.2, -0.15) is 0 Å². The second-order valence-electron chi connectivity index (χ2n) is 8.61. The number of aliphatic hydroxyl groups is 1. The molecule has 1 aromatic heterocycles. The predicted molar refractivity (Wildman–Crippen MR) is 129 cm³/mol. The van der Waals surface area contributed by atoms with Crippen LogP contribution in [0.25, 0.3) is 22.0 Å². The van der Waals surface area contributed by atoms with E-state index in [2.05, 4.69) is 43.1 Å². The lowest BCUT2D eigenvalue weighted by Crippen LogP contribution is -2.02. The minimum absolute atomic E-state index is 0.105. The highest BCUT2D eigenvalue weighted by Crippen LogP contribution is 2.32. The number of hydrogen-bond acceptors (Lipinski definition) is 2. The van der Waals surface area contributed by atoms with Gasteiger partial charge in [-0.1, -0.05) is 69.9 Å². The molecule has 0 saturated carbocycles. The minimum Gasteiger partial charge on any atom is -0.396 e.